The van der Waals surface area contributed by atoms with Crippen LogP contribution in [0.4, 0.5) is 0 Å². The van der Waals surface area contributed by atoms with Gasteiger partial charge < -0.3 is 22.1 Å². The zero-order valence-corrected chi connectivity index (χ0v) is 7.02. The molecule has 0 amide bonds. The first-order chi connectivity index (χ1) is 5.61. The molecule has 5 nitrogen and oxygen atoms in total. The van der Waals surface area contributed by atoms with Crippen molar-refractivity contribution in [3.05, 3.63) is 23.8 Å². The number of hydrogen-bond acceptors (Lipinski definition) is 5. The van der Waals surface area contributed by atoms with E-state index in [0.717, 1.165) is 5.70 Å². The van der Waals surface area contributed by atoms with Gasteiger partial charge in [-0.25, -0.2) is 4.99 Å². The molecule has 1 aliphatic heterocycles. The Bertz CT molecular complexity index is 263. The lowest BCUT2D eigenvalue weighted by Crippen LogP contribution is -2.38. The van der Waals surface area contributed by atoms with Gasteiger partial charge in [0.1, 0.15) is 24.0 Å². The maximum Gasteiger partial charge on any atom is 0.147 e. The lowest BCUT2D eigenvalue weighted by molar-refractivity contribution is 0.725. The molecule has 66 valence electrons. The van der Waals surface area contributed by atoms with Crippen molar-refractivity contribution in [1.82, 2.24) is 10.6 Å². The lowest BCUT2D eigenvalue weighted by Gasteiger charge is -2.18. The van der Waals surface area contributed by atoms with Gasteiger partial charge in [-0.1, -0.05) is 6.58 Å². The van der Waals surface area contributed by atoms with Gasteiger partial charge in [0.2, 0.25) is 0 Å². The van der Waals surface area contributed by atoms with Crippen molar-refractivity contribution in [3.63, 3.8) is 0 Å². The molecule has 0 saturated carbocycles. The molecule has 0 unspecified atom stereocenters. The normalized spacial score (nSPS) is 16.6. The maximum atomic E-state index is 5.63. The van der Waals surface area contributed by atoms with E-state index in [-0.39, 0.29) is 0 Å². The van der Waals surface area contributed by atoms with Crippen LogP contribution in [0.2, 0.25) is 0 Å². The molecule has 0 aromatic heterocycles. The number of nitrogens with two attached hydrogens (primary N) is 2. The summed E-state index contributed by atoms with van der Waals surface area (Å²) in [5.41, 5.74) is 12.4. The van der Waals surface area contributed by atoms with Crippen LogP contribution in [0.1, 0.15) is 6.92 Å². The standard InChI is InChI=1S/C7H13N5/c1-4(2)12-7-5(8)6(9)10-3-11-7/h11-12H,1,3,8H2,2H3,(H2,9,10). The molecule has 0 atom stereocenters. The van der Waals surface area contributed by atoms with Gasteiger partial charge in [0.15, 0.2) is 0 Å². The highest BCUT2D eigenvalue weighted by Gasteiger charge is 2.10. The van der Waals surface area contributed by atoms with Crippen molar-refractivity contribution < 1.29 is 0 Å². The number of nitrogens with zero attached hydrogens (tertiary/aromatic N) is 1. The fourth-order valence-electron chi connectivity index (χ4n) is 0.837. The average Bonchev–Trinajstić information content (AvgIpc) is 1.98. The van der Waals surface area contributed by atoms with E-state index in [1.807, 2.05) is 6.92 Å². The lowest BCUT2D eigenvalue weighted by atomic mass is 10.3. The van der Waals surface area contributed by atoms with Crippen molar-refractivity contribution in [2.45, 2.75) is 6.92 Å². The Morgan fingerprint density at radius 2 is 2.33 bits per heavy atom. The van der Waals surface area contributed by atoms with E-state index in [9.17, 15) is 0 Å². The molecule has 6 N–H and O–H groups in total. The molecule has 0 bridgehead atoms. The molecule has 5 heteroatoms. The van der Waals surface area contributed by atoms with Gasteiger partial charge in [-0.3, -0.25) is 0 Å². The Kier molecular flexibility index (Phi) is 2.23. The summed E-state index contributed by atoms with van der Waals surface area (Å²) in [4.78, 5) is 3.90. The summed E-state index contributed by atoms with van der Waals surface area (Å²) in [6, 6.07) is 0. The van der Waals surface area contributed by atoms with E-state index in [1.54, 1.807) is 0 Å². The Morgan fingerprint density at radius 1 is 1.67 bits per heavy atom. The van der Waals surface area contributed by atoms with E-state index in [0.29, 0.717) is 24.0 Å². The summed E-state index contributed by atoms with van der Waals surface area (Å²) < 4.78 is 0. The first-order valence-electron chi connectivity index (χ1n) is 3.57. The second-order valence-corrected chi connectivity index (χ2v) is 2.57. The quantitative estimate of drug-likeness (QED) is 0.431. The summed E-state index contributed by atoms with van der Waals surface area (Å²) >= 11 is 0. The van der Waals surface area contributed by atoms with E-state index < -0.39 is 0 Å². The third-order valence-corrected chi connectivity index (χ3v) is 1.39. The van der Waals surface area contributed by atoms with Crippen molar-refractivity contribution in [1.29, 1.82) is 0 Å². The summed E-state index contributed by atoms with van der Waals surface area (Å²) in [7, 11) is 0. The third-order valence-electron chi connectivity index (χ3n) is 1.39. The minimum absolute atomic E-state index is 0.359. The third kappa shape index (κ3) is 1.69. The second-order valence-electron chi connectivity index (χ2n) is 2.57. The molecule has 1 rings (SSSR count). The molecule has 0 aliphatic carbocycles. The van der Waals surface area contributed by atoms with E-state index in [2.05, 4.69) is 22.2 Å². The minimum atomic E-state index is 0.359. The number of rotatable bonds is 2. The molecule has 1 heterocycles. The Labute approximate surface area is 71.2 Å². The molecule has 0 saturated heterocycles. The molecule has 0 fully saturated rings. The molecule has 0 aromatic carbocycles. The van der Waals surface area contributed by atoms with Gasteiger partial charge in [-0.2, -0.15) is 0 Å². The van der Waals surface area contributed by atoms with Gasteiger partial charge in [0.25, 0.3) is 0 Å². The number of hydrogen-bond donors (Lipinski definition) is 4. The molecule has 1 aliphatic rings. The molecule has 0 spiro atoms. The first kappa shape index (κ1) is 8.45. The fraction of sp³-hybridized carbons (Fsp3) is 0.286. The maximum absolute atomic E-state index is 5.63. The van der Waals surface area contributed by atoms with Crippen molar-refractivity contribution in [2.24, 2.45) is 16.5 Å². The predicted octanol–water partition coefficient (Wildman–Crippen LogP) is -0.845. The summed E-state index contributed by atoms with van der Waals surface area (Å²) in [5.74, 6) is 1.03. The summed E-state index contributed by atoms with van der Waals surface area (Å²) in [6.07, 6.45) is 0. The van der Waals surface area contributed by atoms with Gasteiger partial charge in [0, 0.05) is 5.70 Å². The Hall–Kier alpha value is -1.65. The van der Waals surface area contributed by atoms with Gasteiger partial charge in [-0.05, 0) is 6.92 Å². The van der Waals surface area contributed by atoms with Crippen molar-refractivity contribution in [2.75, 3.05) is 6.67 Å². The van der Waals surface area contributed by atoms with Crippen molar-refractivity contribution >= 4 is 5.84 Å². The summed E-state index contributed by atoms with van der Waals surface area (Å²) in [6.45, 7) is 5.97. The van der Waals surface area contributed by atoms with Crippen LogP contribution in [0, 0.1) is 0 Å². The Morgan fingerprint density at radius 3 is 2.92 bits per heavy atom. The van der Waals surface area contributed by atoms with E-state index in [4.69, 9.17) is 11.5 Å². The molecular weight excluding hydrogens is 154 g/mol. The average molecular weight is 167 g/mol. The van der Waals surface area contributed by atoms with E-state index >= 15 is 0 Å². The zero-order chi connectivity index (χ0) is 9.14. The number of amidine groups is 1. The SMILES string of the molecule is C=C(C)NC1=C(N)C(N)=NCN1. The van der Waals surface area contributed by atoms with Crippen LogP contribution in [0.5, 0.6) is 0 Å². The number of aliphatic imine (C=N–C) groups is 1. The monoisotopic (exact) mass is 167 g/mol. The highest BCUT2D eigenvalue weighted by molar-refractivity contribution is 5.97. The number of allylic oxidation sites excluding steroid dienone is 1. The van der Waals surface area contributed by atoms with Crippen LogP contribution in [-0.4, -0.2) is 12.5 Å². The zero-order valence-electron chi connectivity index (χ0n) is 7.02. The second kappa shape index (κ2) is 3.17. The van der Waals surface area contributed by atoms with Crippen LogP contribution in [0.15, 0.2) is 28.8 Å². The van der Waals surface area contributed by atoms with Crippen LogP contribution in [-0.2, 0) is 0 Å². The molecule has 0 radical (unpaired) electrons. The largest absolute Gasteiger partial charge is 0.393 e. The topological polar surface area (TPSA) is 88.5 Å². The van der Waals surface area contributed by atoms with Crippen LogP contribution < -0.4 is 22.1 Å². The van der Waals surface area contributed by atoms with Crippen LogP contribution >= 0.6 is 0 Å². The Balaban J connectivity index is 2.80. The fourth-order valence-corrected chi connectivity index (χ4v) is 0.837. The van der Waals surface area contributed by atoms with Gasteiger partial charge in [-0.15, -0.1) is 0 Å². The smallest absolute Gasteiger partial charge is 0.147 e. The number of nitrogens with one attached hydrogen (secondary N) is 2. The molecule has 12 heavy (non-hydrogen) atoms. The first-order valence-corrected chi connectivity index (χ1v) is 3.57. The predicted molar refractivity (Wildman–Crippen MR) is 48.8 cm³/mol. The highest BCUT2D eigenvalue weighted by Crippen LogP contribution is 1.98. The summed E-state index contributed by atoms with van der Waals surface area (Å²) in [5, 5.41) is 5.90. The van der Waals surface area contributed by atoms with Gasteiger partial charge >= 0.3 is 0 Å². The van der Waals surface area contributed by atoms with Crippen LogP contribution in [0.3, 0.4) is 0 Å². The molecular formula is C7H13N5. The van der Waals surface area contributed by atoms with Gasteiger partial charge in [0.05, 0.1) is 0 Å². The molecule has 0 aromatic rings. The van der Waals surface area contributed by atoms with E-state index in [1.165, 1.54) is 0 Å². The minimum Gasteiger partial charge on any atom is -0.393 e. The van der Waals surface area contributed by atoms with Crippen molar-refractivity contribution in [3.8, 4) is 0 Å². The highest BCUT2D eigenvalue weighted by atomic mass is 15.2. The van der Waals surface area contributed by atoms with Crippen LogP contribution in [0.25, 0.3) is 0 Å².